The van der Waals surface area contributed by atoms with E-state index < -0.39 is 11.9 Å². The summed E-state index contributed by atoms with van der Waals surface area (Å²) >= 11 is 3.50. The van der Waals surface area contributed by atoms with E-state index in [0.29, 0.717) is 104 Å². The highest BCUT2D eigenvalue weighted by molar-refractivity contribution is 9.10. The third-order valence-corrected chi connectivity index (χ3v) is 12.6. The molecule has 4 heterocycles. The van der Waals surface area contributed by atoms with E-state index in [1.54, 1.807) is 49.5 Å². The summed E-state index contributed by atoms with van der Waals surface area (Å²) in [6.45, 7) is 3.74. The zero-order valence-electron chi connectivity index (χ0n) is 36.5. The minimum atomic E-state index is -0.716. The molecule has 4 aromatic rings. The normalized spacial score (nSPS) is 17.0. The largest absolute Gasteiger partial charge is 0.496 e. The number of piperidine rings is 1. The van der Waals surface area contributed by atoms with Crippen molar-refractivity contribution in [3.8, 4) is 5.75 Å². The Morgan fingerprint density at radius 1 is 0.953 bits per heavy atom. The Morgan fingerprint density at radius 2 is 1.73 bits per heavy atom. The minimum absolute atomic E-state index is 0.00245. The lowest BCUT2D eigenvalue weighted by Crippen LogP contribution is -2.52. The molecule has 7 rings (SSSR count). The molecule has 16 heteroatoms. The van der Waals surface area contributed by atoms with Gasteiger partial charge in [0.1, 0.15) is 29.3 Å². The molecule has 1 fully saturated rings. The first-order chi connectivity index (χ1) is 30.9. The zero-order valence-corrected chi connectivity index (χ0v) is 38.1. The van der Waals surface area contributed by atoms with Gasteiger partial charge in [0.05, 0.1) is 13.3 Å². The maximum absolute atomic E-state index is 13.3. The van der Waals surface area contributed by atoms with Crippen LogP contribution in [0.1, 0.15) is 114 Å². The van der Waals surface area contributed by atoms with Crippen molar-refractivity contribution in [1.29, 1.82) is 0 Å². The van der Waals surface area contributed by atoms with Crippen molar-refractivity contribution in [3.63, 3.8) is 0 Å². The summed E-state index contributed by atoms with van der Waals surface area (Å²) in [5.74, 6) is 0.614. The molecule has 2 N–H and O–H groups in total. The highest BCUT2D eigenvalue weighted by atomic mass is 79.9. The number of carbonyl (C=O) groups is 6. The first kappa shape index (κ1) is 46.0. The summed E-state index contributed by atoms with van der Waals surface area (Å²) in [5, 5.41) is 5.25. The molecule has 15 nitrogen and oxygen atoms in total. The van der Waals surface area contributed by atoms with E-state index in [0.717, 1.165) is 34.9 Å². The number of carbonyl (C=O) groups excluding carboxylic acids is 6. The molecule has 0 aliphatic carbocycles. The number of nitrogens with zero attached hydrogens (tertiary/aromatic N) is 5. The summed E-state index contributed by atoms with van der Waals surface area (Å²) in [7, 11) is 3.34. The van der Waals surface area contributed by atoms with Crippen molar-refractivity contribution < 1.29 is 38.2 Å². The minimum Gasteiger partial charge on any atom is -0.496 e. The van der Waals surface area contributed by atoms with Crippen LogP contribution in [0.3, 0.4) is 0 Å². The number of hydrogen-bond donors (Lipinski definition) is 2. The van der Waals surface area contributed by atoms with Crippen molar-refractivity contribution in [1.82, 2.24) is 20.2 Å². The maximum atomic E-state index is 13.3. The number of likely N-dealkylation sites (N-methyl/N-ethyl adjacent to an activating group) is 1. The zero-order chi connectivity index (χ0) is 45.3. The number of fused-ring (bicyclic) bond motifs is 2. The second-order valence-electron chi connectivity index (χ2n) is 16.4. The third kappa shape index (κ3) is 10.7. The number of anilines is 3. The fraction of sp³-hybridized carbons (Fsp3) is 0.417. The molecule has 3 aliphatic rings. The molecule has 1 saturated heterocycles. The first-order valence-corrected chi connectivity index (χ1v) is 22.7. The van der Waals surface area contributed by atoms with Gasteiger partial charge in [0.15, 0.2) is 11.6 Å². The third-order valence-electron chi connectivity index (χ3n) is 12.0. The van der Waals surface area contributed by atoms with E-state index >= 15 is 0 Å². The molecule has 336 valence electrons. The number of benzene rings is 3. The number of amides is 5. The number of aromatic nitrogens is 2. The molecule has 0 spiro atoms. The summed E-state index contributed by atoms with van der Waals surface area (Å²) in [6.07, 6.45) is 7.68. The topological polar surface area (TPSA) is 180 Å². The average molecular weight is 937 g/mol. The Bertz CT molecular complexity index is 2410. The number of nitrogens with one attached hydrogen (secondary N) is 2. The molecular formula is C48H54BrN7O8. The highest BCUT2D eigenvalue weighted by Gasteiger charge is 2.40. The molecule has 5 amide bonds. The van der Waals surface area contributed by atoms with Gasteiger partial charge in [-0.05, 0) is 68.0 Å². The number of halogens is 1. The Balaban J connectivity index is 0.815. The SMILES string of the molecule is CC[C@@H]1C(=O)N(C)c2cnc(Cc3ccc(C(=O)CCCOCCCCCCC(=O)Nc4cccc5c4CN(C4CCC(=O)NC4=O)C5=O)cc3OC)nc2N1Cc1ccc(Br)cc1. The van der Waals surface area contributed by atoms with E-state index in [1.165, 1.54) is 4.90 Å². The van der Waals surface area contributed by atoms with Gasteiger partial charge in [0, 0.05) is 91.4 Å². The van der Waals surface area contributed by atoms with Gasteiger partial charge >= 0.3 is 0 Å². The second-order valence-corrected chi connectivity index (χ2v) is 17.3. The van der Waals surface area contributed by atoms with Crippen LogP contribution in [0.25, 0.3) is 0 Å². The lowest BCUT2D eigenvalue weighted by molar-refractivity contribution is -0.137. The quantitative estimate of drug-likeness (QED) is 0.0533. The maximum Gasteiger partial charge on any atom is 0.255 e. The van der Waals surface area contributed by atoms with Gasteiger partial charge in [-0.3, -0.25) is 34.1 Å². The van der Waals surface area contributed by atoms with Crippen LogP contribution in [0.15, 0.2) is 71.3 Å². The van der Waals surface area contributed by atoms with E-state index in [9.17, 15) is 28.8 Å². The van der Waals surface area contributed by atoms with Crippen LogP contribution in [-0.2, 0) is 43.4 Å². The summed E-state index contributed by atoms with van der Waals surface area (Å²) in [4.78, 5) is 91.2. The summed E-state index contributed by atoms with van der Waals surface area (Å²) in [5.41, 5.74) is 4.80. The fourth-order valence-electron chi connectivity index (χ4n) is 8.50. The number of methoxy groups -OCH3 is 1. The Labute approximate surface area is 381 Å². The molecule has 0 bridgehead atoms. The lowest BCUT2D eigenvalue weighted by Gasteiger charge is -2.40. The predicted molar refractivity (Wildman–Crippen MR) is 244 cm³/mol. The van der Waals surface area contributed by atoms with Crippen molar-refractivity contribution in [2.75, 3.05) is 42.5 Å². The van der Waals surface area contributed by atoms with Gasteiger partial charge in [0.2, 0.25) is 23.6 Å². The van der Waals surface area contributed by atoms with Crippen molar-refractivity contribution in [3.05, 3.63) is 105 Å². The van der Waals surface area contributed by atoms with Gasteiger partial charge in [-0.15, -0.1) is 0 Å². The van der Waals surface area contributed by atoms with Crippen molar-refractivity contribution in [2.24, 2.45) is 0 Å². The summed E-state index contributed by atoms with van der Waals surface area (Å²) < 4.78 is 12.5. The number of unbranched alkanes of at least 4 members (excludes halogenated alkanes) is 3. The Morgan fingerprint density at radius 3 is 2.50 bits per heavy atom. The smallest absolute Gasteiger partial charge is 0.255 e. The van der Waals surface area contributed by atoms with E-state index in [4.69, 9.17) is 14.5 Å². The van der Waals surface area contributed by atoms with Gasteiger partial charge in [0.25, 0.3) is 5.91 Å². The van der Waals surface area contributed by atoms with E-state index in [-0.39, 0.29) is 54.8 Å². The number of rotatable bonds is 20. The molecule has 3 aliphatic heterocycles. The highest BCUT2D eigenvalue weighted by Crippen LogP contribution is 2.37. The molecule has 64 heavy (non-hydrogen) atoms. The van der Waals surface area contributed by atoms with E-state index in [1.807, 2.05) is 43.3 Å². The van der Waals surface area contributed by atoms with Crippen LogP contribution >= 0.6 is 15.9 Å². The first-order valence-electron chi connectivity index (χ1n) is 21.9. The van der Waals surface area contributed by atoms with E-state index in [2.05, 4.69) is 36.4 Å². The second kappa shape index (κ2) is 21.1. The molecule has 0 radical (unpaired) electrons. The summed E-state index contributed by atoms with van der Waals surface area (Å²) in [6, 6.07) is 17.6. The van der Waals surface area contributed by atoms with Crippen LogP contribution in [0.4, 0.5) is 17.2 Å². The Hall–Kier alpha value is -6.00. The predicted octanol–water partition coefficient (Wildman–Crippen LogP) is 6.93. The molecule has 2 atom stereocenters. The number of Topliss-reactive ketones (excluding diaryl/α,β-unsaturated/α-hetero) is 1. The molecule has 1 aromatic heterocycles. The van der Waals surface area contributed by atoms with Gasteiger partial charge in [-0.25, -0.2) is 9.97 Å². The van der Waals surface area contributed by atoms with Crippen molar-refractivity contribution >= 4 is 68.4 Å². The molecule has 3 aromatic carbocycles. The number of ether oxygens (including phenoxy) is 2. The van der Waals surface area contributed by atoms with Crippen LogP contribution in [0.2, 0.25) is 0 Å². The van der Waals surface area contributed by atoms with Crippen molar-refractivity contribution in [2.45, 2.75) is 103 Å². The fourth-order valence-corrected chi connectivity index (χ4v) is 8.76. The lowest BCUT2D eigenvalue weighted by atomic mass is 10.0. The monoisotopic (exact) mass is 935 g/mol. The van der Waals surface area contributed by atoms with Gasteiger partial charge in [-0.1, -0.05) is 66.0 Å². The van der Waals surface area contributed by atoms with Crippen LogP contribution in [0, 0.1) is 0 Å². The number of hydrogen-bond acceptors (Lipinski definition) is 11. The number of ketones is 1. The molecule has 0 saturated carbocycles. The van der Waals surface area contributed by atoms with Crippen LogP contribution in [-0.4, -0.2) is 89.6 Å². The molecule has 1 unspecified atom stereocenters. The standard InChI is InChI=1S/C48H54BrN7O8/c1-4-37-48(62)54(2)39-27-50-42(52-45(39)55(37)28-30-15-19-33(49)20-16-30)26-32-18-17-31(25-41(32)63-3)40(57)13-10-24-64-23-8-6-5-7-14-43(58)51-36-12-9-11-34-35(36)29-56(47(34)61)38-21-22-44(59)53-46(38)60/h9,11-12,15-20,25,27,37-38H,4-8,10,13-14,21-24,26,28-29H2,1-3H3,(H,51,58)(H,53,59,60)/t37-,38?/m1/s1. The van der Waals surface area contributed by atoms with Crippen LogP contribution < -0.4 is 25.2 Å². The van der Waals surface area contributed by atoms with Crippen LogP contribution in [0.5, 0.6) is 5.75 Å². The molecular weight excluding hydrogens is 882 g/mol. The van der Waals surface area contributed by atoms with Gasteiger partial charge < -0.3 is 29.5 Å². The average Bonchev–Trinajstić information content (AvgIpc) is 3.63. The van der Waals surface area contributed by atoms with Gasteiger partial charge in [-0.2, -0.15) is 0 Å². The Kier molecular flexibility index (Phi) is 15.2. The number of imide groups is 1.